The van der Waals surface area contributed by atoms with Crippen molar-refractivity contribution in [2.75, 3.05) is 0 Å². The molecule has 0 spiro atoms. The summed E-state index contributed by atoms with van der Waals surface area (Å²) in [6, 6.07) is 12.1. The van der Waals surface area contributed by atoms with Crippen molar-refractivity contribution < 1.29 is 0 Å². The molecule has 0 aliphatic carbocycles. The third-order valence-corrected chi connectivity index (χ3v) is 3.33. The highest BCUT2D eigenvalue weighted by Gasteiger charge is 2.06. The van der Waals surface area contributed by atoms with E-state index in [1.807, 2.05) is 24.3 Å². The van der Waals surface area contributed by atoms with E-state index in [2.05, 4.69) is 24.0 Å². The number of nitrogens with zero attached hydrogens (tertiary/aromatic N) is 1. The molecular weight excluding hydrogens is 224 g/mol. The summed E-state index contributed by atoms with van der Waals surface area (Å²) in [6.07, 6.45) is 3.17. The van der Waals surface area contributed by atoms with Crippen LogP contribution in [0.25, 0.3) is 16.4 Å². The van der Waals surface area contributed by atoms with Gasteiger partial charge in [-0.3, -0.25) is 4.40 Å². The molecule has 0 amide bonds. The second-order valence-electron chi connectivity index (χ2n) is 4.67. The van der Waals surface area contributed by atoms with Crippen LogP contribution in [0.15, 0.2) is 41.2 Å². The van der Waals surface area contributed by atoms with Crippen LogP contribution < -0.4 is 5.69 Å². The molecule has 1 N–H and O–H groups in total. The standard InChI is InChI=1S/C15H16N2O/c1-2-3-7-12-10-13-9-11-6-4-5-8-14(11)17(13)15(18)16-12/h4-6,8-10H,2-3,7H2,1H3,(H,16,18). The molecule has 3 rings (SSSR count). The van der Waals surface area contributed by atoms with Crippen LogP contribution in [0, 0.1) is 0 Å². The van der Waals surface area contributed by atoms with Gasteiger partial charge >= 0.3 is 5.69 Å². The second kappa shape index (κ2) is 4.33. The van der Waals surface area contributed by atoms with Gasteiger partial charge in [0.1, 0.15) is 0 Å². The normalized spacial score (nSPS) is 11.4. The Bertz CT molecular complexity index is 752. The van der Waals surface area contributed by atoms with Gasteiger partial charge in [0, 0.05) is 11.1 Å². The maximum atomic E-state index is 12.1. The summed E-state index contributed by atoms with van der Waals surface area (Å²) in [5, 5.41) is 1.11. The minimum Gasteiger partial charge on any atom is -0.311 e. The number of aromatic nitrogens is 2. The molecule has 18 heavy (non-hydrogen) atoms. The van der Waals surface area contributed by atoms with Gasteiger partial charge in [-0.25, -0.2) is 4.79 Å². The first kappa shape index (κ1) is 11.1. The fourth-order valence-corrected chi connectivity index (χ4v) is 2.42. The Morgan fingerprint density at radius 3 is 2.89 bits per heavy atom. The topological polar surface area (TPSA) is 37.3 Å². The second-order valence-corrected chi connectivity index (χ2v) is 4.67. The number of benzene rings is 1. The largest absolute Gasteiger partial charge is 0.330 e. The highest BCUT2D eigenvalue weighted by atomic mass is 16.1. The summed E-state index contributed by atoms with van der Waals surface area (Å²) >= 11 is 0. The highest BCUT2D eigenvalue weighted by molar-refractivity contribution is 5.86. The molecule has 0 fully saturated rings. The summed E-state index contributed by atoms with van der Waals surface area (Å²) in [7, 11) is 0. The molecule has 1 aromatic carbocycles. The lowest BCUT2D eigenvalue weighted by atomic mass is 10.2. The molecule has 0 aliphatic heterocycles. The fraction of sp³-hybridized carbons (Fsp3) is 0.267. The van der Waals surface area contributed by atoms with Gasteiger partial charge < -0.3 is 4.98 Å². The van der Waals surface area contributed by atoms with Gasteiger partial charge in [0.25, 0.3) is 0 Å². The van der Waals surface area contributed by atoms with E-state index in [0.29, 0.717) is 0 Å². The average molecular weight is 240 g/mol. The van der Waals surface area contributed by atoms with Crippen molar-refractivity contribution in [1.29, 1.82) is 0 Å². The number of hydrogen-bond donors (Lipinski definition) is 1. The number of hydrogen-bond acceptors (Lipinski definition) is 1. The zero-order valence-corrected chi connectivity index (χ0v) is 10.4. The van der Waals surface area contributed by atoms with Crippen LogP contribution in [0.2, 0.25) is 0 Å². The van der Waals surface area contributed by atoms with Gasteiger partial charge in [0.05, 0.1) is 11.0 Å². The van der Waals surface area contributed by atoms with Crippen LogP contribution in [-0.2, 0) is 6.42 Å². The molecule has 0 aliphatic rings. The van der Waals surface area contributed by atoms with Gasteiger partial charge in [0.2, 0.25) is 0 Å². The Labute approximate surface area is 105 Å². The molecule has 3 aromatic rings. The van der Waals surface area contributed by atoms with E-state index in [-0.39, 0.29) is 5.69 Å². The van der Waals surface area contributed by atoms with Gasteiger partial charge in [-0.15, -0.1) is 0 Å². The Balaban J connectivity index is 2.25. The number of para-hydroxylation sites is 1. The van der Waals surface area contributed by atoms with Crippen molar-refractivity contribution in [2.45, 2.75) is 26.2 Å². The summed E-state index contributed by atoms with van der Waals surface area (Å²) in [6.45, 7) is 2.15. The summed E-state index contributed by atoms with van der Waals surface area (Å²) < 4.78 is 1.74. The van der Waals surface area contributed by atoms with Gasteiger partial charge in [-0.2, -0.15) is 0 Å². The first-order valence-electron chi connectivity index (χ1n) is 6.42. The molecule has 0 saturated carbocycles. The van der Waals surface area contributed by atoms with Crippen molar-refractivity contribution >= 4 is 16.4 Å². The molecule has 0 bridgehead atoms. The molecule has 92 valence electrons. The quantitative estimate of drug-likeness (QED) is 0.750. The van der Waals surface area contributed by atoms with E-state index >= 15 is 0 Å². The number of rotatable bonds is 3. The van der Waals surface area contributed by atoms with Gasteiger partial charge in [0.15, 0.2) is 0 Å². The van der Waals surface area contributed by atoms with Crippen molar-refractivity contribution in [1.82, 2.24) is 9.38 Å². The van der Waals surface area contributed by atoms with Crippen LogP contribution in [0.4, 0.5) is 0 Å². The van der Waals surface area contributed by atoms with E-state index in [1.54, 1.807) is 4.40 Å². The predicted octanol–water partition coefficient (Wildman–Crippen LogP) is 3.12. The smallest absolute Gasteiger partial charge is 0.311 e. The van der Waals surface area contributed by atoms with Gasteiger partial charge in [-0.1, -0.05) is 31.5 Å². The lowest BCUT2D eigenvalue weighted by Crippen LogP contribution is -2.17. The summed E-state index contributed by atoms with van der Waals surface area (Å²) in [5.41, 5.74) is 2.93. The van der Waals surface area contributed by atoms with Crippen LogP contribution >= 0.6 is 0 Å². The van der Waals surface area contributed by atoms with Crippen LogP contribution in [0.5, 0.6) is 0 Å². The number of aryl methyl sites for hydroxylation is 1. The number of nitrogens with one attached hydrogen (secondary N) is 1. The van der Waals surface area contributed by atoms with E-state index in [4.69, 9.17) is 0 Å². The van der Waals surface area contributed by atoms with E-state index in [1.165, 1.54) is 0 Å². The van der Waals surface area contributed by atoms with Crippen LogP contribution in [0.3, 0.4) is 0 Å². The number of unbranched alkanes of at least 4 members (excludes halogenated alkanes) is 1. The lowest BCUT2D eigenvalue weighted by molar-refractivity contribution is 0.768. The fourth-order valence-electron chi connectivity index (χ4n) is 2.42. The minimum absolute atomic E-state index is 0.0418. The first-order chi connectivity index (χ1) is 8.79. The Kier molecular flexibility index (Phi) is 2.67. The maximum Gasteiger partial charge on any atom is 0.330 e. The predicted molar refractivity (Wildman–Crippen MR) is 74.1 cm³/mol. The van der Waals surface area contributed by atoms with Crippen molar-refractivity contribution in [3.05, 3.63) is 52.6 Å². The first-order valence-corrected chi connectivity index (χ1v) is 6.42. The SMILES string of the molecule is CCCCc1cc2cc3ccccc3n2c(=O)[nH]1. The Morgan fingerprint density at radius 2 is 2.06 bits per heavy atom. The van der Waals surface area contributed by atoms with Crippen molar-refractivity contribution in [3.8, 4) is 0 Å². The van der Waals surface area contributed by atoms with Crippen LogP contribution in [0.1, 0.15) is 25.5 Å². The molecule has 3 heteroatoms. The zero-order valence-electron chi connectivity index (χ0n) is 10.4. The average Bonchev–Trinajstić information content (AvgIpc) is 2.74. The highest BCUT2D eigenvalue weighted by Crippen LogP contribution is 2.18. The van der Waals surface area contributed by atoms with Crippen LogP contribution in [-0.4, -0.2) is 9.38 Å². The van der Waals surface area contributed by atoms with E-state index in [9.17, 15) is 4.79 Å². The van der Waals surface area contributed by atoms with E-state index < -0.39 is 0 Å². The molecule has 2 heterocycles. The molecule has 3 nitrogen and oxygen atoms in total. The number of aromatic amines is 1. The lowest BCUT2D eigenvalue weighted by Gasteiger charge is -2.02. The Morgan fingerprint density at radius 1 is 1.22 bits per heavy atom. The van der Waals surface area contributed by atoms with E-state index in [0.717, 1.165) is 41.4 Å². The molecule has 2 aromatic heterocycles. The molecular formula is C15H16N2O. The molecule has 0 radical (unpaired) electrons. The van der Waals surface area contributed by atoms with Gasteiger partial charge in [-0.05, 0) is 31.0 Å². The molecule has 0 saturated heterocycles. The third-order valence-electron chi connectivity index (χ3n) is 3.33. The monoisotopic (exact) mass is 240 g/mol. The minimum atomic E-state index is -0.0418. The zero-order chi connectivity index (χ0) is 12.5. The third kappa shape index (κ3) is 1.72. The summed E-state index contributed by atoms with van der Waals surface area (Å²) in [4.78, 5) is 15.1. The van der Waals surface area contributed by atoms with Crippen molar-refractivity contribution in [3.63, 3.8) is 0 Å². The Hall–Kier alpha value is -2.03. The summed E-state index contributed by atoms with van der Waals surface area (Å²) in [5.74, 6) is 0. The van der Waals surface area contributed by atoms with Crippen molar-refractivity contribution in [2.24, 2.45) is 0 Å². The molecule has 0 unspecified atom stereocenters. The number of fused-ring (bicyclic) bond motifs is 3. The number of H-pyrrole nitrogens is 1. The molecule has 0 atom stereocenters. The maximum absolute atomic E-state index is 12.1.